The highest BCUT2D eigenvalue weighted by Gasteiger charge is 2.37. The lowest BCUT2D eigenvalue weighted by Crippen LogP contribution is -2.17. The van der Waals surface area contributed by atoms with E-state index in [9.17, 15) is 31.1 Å². The molecule has 0 amide bonds. The van der Waals surface area contributed by atoms with Crippen molar-refractivity contribution in [1.29, 1.82) is 0 Å². The van der Waals surface area contributed by atoms with Crippen LogP contribution in [0, 0.1) is 5.92 Å². The minimum Gasteiger partial charge on any atom is -0.489 e. The molecule has 0 saturated heterocycles. The Kier molecular flexibility index (Phi) is 7.11. The monoisotopic (exact) mass is 564 g/mol. The molecule has 2 aromatic heterocycles. The average Bonchev–Trinajstić information content (AvgIpc) is 3.60. The number of pyridine rings is 1. The molecule has 1 aliphatic carbocycles. The van der Waals surface area contributed by atoms with Gasteiger partial charge in [-0.1, -0.05) is 0 Å². The average molecular weight is 564 g/mol. The van der Waals surface area contributed by atoms with Crippen molar-refractivity contribution in [2.45, 2.75) is 45.0 Å². The van der Waals surface area contributed by atoms with E-state index in [-0.39, 0.29) is 40.7 Å². The molecule has 6 nitrogen and oxygen atoms in total. The number of carboxylic acid groups (broad SMARTS) is 1. The summed E-state index contributed by atoms with van der Waals surface area (Å²) in [5.41, 5.74) is -0.133. The van der Waals surface area contributed by atoms with Crippen LogP contribution in [0.15, 0.2) is 60.8 Å². The summed E-state index contributed by atoms with van der Waals surface area (Å²) in [6, 6.07) is 11.9. The molecule has 1 saturated carbocycles. The number of rotatable bonds is 9. The van der Waals surface area contributed by atoms with Gasteiger partial charge in [-0.15, -0.1) is 13.2 Å². The Balaban J connectivity index is 1.48. The fraction of sp³-hybridized carbons (Fsp3) is 0.286. The molecule has 1 N–H and O–H groups in total. The van der Waals surface area contributed by atoms with Crippen LogP contribution in [0.2, 0.25) is 0 Å². The Morgan fingerprint density at radius 2 is 1.68 bits per heavy atom. The molecular formula is C28H22F6N2O4. The first-order chi connectivity index (χ1) is 18.9. The lowest BCUT2D eigenvalue weighted by molar-refractivity contribution is -0.274. The van der Waals surface area contributed by atoms with Gasteiger partial charge in [-0.3, -0.25) is 9.78 Å². The number of hydrogen-bond acceptors (Lipinski definition) is 4. The summed E-state index contributed by atoms with van der Waals surface area (Å²) in [6.45, 7) is -0.723. The predicted molar refractivity (Wildman–Crippen MR) is 132 cm³/mol. The van der Waals surface area contributed by atoms with Crippen LogP contribution in [0.4, 0.5) is 26.3 Å². The topological polar surface area (TPSA) is 73.6 Å². The van der Waals surface area contributed by atoms with Crippen LogP contribution in [0.1, 0.15) is 29.7 Å². The molecule has 2 aromatic carbocycles. The van der Waals surface area contributed by atoms with Gasteiger partial charge >= 0.3 is 18.5 Å². The molecule has 0 spiro atoms. The molecular weight excluding hydrogens is 542 g/mol. The van der Waals surface area contributed by atoms with Gasteiger partial charge in [-0.05, 0) is 79.1 Å². The standard InChI is InChI=1S/C28H22F6N2O4/c29-27(30,31)22-13-23(17-3-6-19(7-4-17)40-28(32,33)34)35-24(11-16-1-2-16)21(22)15-39-20-8-5-18-9-10-36(14-26(37)38)25(18)12-20/h3-10,12-13,16H,1-2,11,14-15H2,(H,37,38). The minimum atomic E-state index is -4.90. The molecule has 0 bridgehead atoms. The molecule has 40 heavy (non-hydrogen) atoms. The van der Waals surface area contributed by atoms with Gasteiger partial charge in [0, 0.05) is 29.1 Å². The summed E-state index contributed by atoms with van der Waals surface area (Å²) in [6.07, 6.45) is -6.04. The summed E-state index contributed by atoms with van der Waals surface area (Å²) in [5.74, 6) is -1.10. The summed E-state index contributed by atoms with van der Waals surface area (Å²) in [7, 11) is 0. The molecule has 5 rings (SSSR count). The van der Waals surface area contributed by atoms with Gasteiger partial charge in [0.1, 0.15) is 24.7 Å². The van der Waals surface area contributed by atoms with Crippen LogP contribution in [0.3, 0.4) is 0 Å². The number of alkyl halides is 6. The van der Waals surface area contributed by atoms with Crippen molar-refractivity contribution < 1.29 is 45.7 Å². The van der Waals surface area contributed by atoms with Crippen molar-refractivity contribution in [2.24, 2.45) is 5.92 Å². The van der Waals surface area contributed by atoms with Crippen molar-refractivity contribution in [3.63, 3.8) is 0 Å². The maximum absolute atomic E-state index is 14.3. The van der Waals surface area contributed by atoms with E-state index < -0.39 is 36.4 Å². The predicted octanol–water partition coefficient (Wildman–Crippen LogP) is 7.24. The van der Waals surface area contributed by atoms with Crippen molar-refractivity contribution >= 4 is 16.9 Å². The van der Waals surface area contributed by atoms with Crippen LogP contribution in [0.25, 0.3) is 22.2 Å². The van der Waals surface area contributed by atoms with Crippen molar-refractivity contribution in [1.82, 2.24) is 9.55 Å². The molecule has 2 heterocycles. The highest BCUT2D eigenvalue weighted by Crippen LogP contribution is 2.40. The van der Waals surface area contributed by atoms with Gasteiger partial charge < -0.3 is 19.1 Å². The third-order valence-corrected chi connectivity index (χ3v) is 6.51. The second-order valence-corrected chi connectivity index (χ2v) is 9.54. The van der Waals surface area contributed by atoms with Gasteiger partial charge in [0.05, 0.1) is 16.8 Å². The Morgan fingerprint density at radius 3 is 2.30 bits per heavy atom. The zero-order chi connectivity index (χ0) is 28.7. The normalized spacial score (nSPS) is 13.9. The Labute approximate surface area is 223 Å². The molecule has 210 valence electrons. The number of carboxylic acids is 1. The number of halogens is 6. The van der Waals surface area contributed by atoms with Gasteiger partial charge in [-0.2, -0.15) is 13.2 Å². The molecule has 1 fully saturated rings. The third kappa shape index (κ3) is 6.49. The largest absolute Gasteiger partial charge is 0.573 e. The maximum atomic E-state index is 14.3. The molecule has 1 aliphatic rings. The highest BCUT2D eigenvalue weighted by molar-refractivity contribution is 5.83. The van der Waals surface area contributed by atoms with E-state index in [1.807, 2.05) is 0 Å². The van der Waals surface area contributed by atoms with Crippen molar-refractivity contribution in [2.75, 3.05) is 0 Å². The number of benzene rings is 2. The van der Waals surface area contributed by atoms with Crippen LogP contribution in [-0.2, 0) is 30.5 Å². The zero-order valence-corrected chi connectivity index (χ0v) is 20.7. The number of nitrogens with zero attached hydrogens (tertiary/aromatic N) is 2. The summed E-state index contributed by atoms with van der Waals surface area (Å²) in [5, 5.41) is 9.87. The van der Waals surface area contributed by atoms with Crippen molar-refractivity contribution in [3.05, 3.63) is 77.6 Å². The summed E-state index contributed by atoms with van der Waals surface area (Å²) >= 11 is 0. The summed E-state index contributed by atoms with van der Waals surface area (Å²) < 4.78 is 91.6. The van der Waals surface area contributed by atoms with E-state index in [1.165, 1.54) is 16.7 Å². The molecule has 12 heteroatoms. The number of hydrogen-bond donors (Lipinski definition) is 1. The van der Waals surface area contributed by atoms with Crippen LogP contribution < -0.4 is 9.47 Å². The van der Waals surface area contributed by atoms with E-state index in [2.05, 4.69) is 9.72 Å². The van der Waals surface area contributed by atoms with Crippen LogP contribution >= 0.6 is 0 Å². The van der Waals surface area contributed by atoms with Gasteiger partial charge in [-0.25, -0.2) is 0 Å². The number of aromatic nitrogens is 2. The Hall–Kier alpha value is -4.22. The first kappa shape index (κ1) is 27.4. The lowest BCUT2D eigenvalue weighted by Gasteiger charge is -2.19. The maximum Gasteiger partial charge on any atom is 0.573 e. The fourth-order valence-corrected chi connectivity index (χ4v) is 4.47. The second-order valence-electron chi connectivity index (χ2n) is 9.54. The molecule has 0 aliphatic heterocycles. The van der Waals surface area contributed by atoms with Gasteiger partial charge in [0.25, 0.3) is 0 Å². The van der Waals surface area contributed by atoms with Crippen molar-refractivity contribution in [3.8, 4) is 22.8 Å². The number of carbonyl (C=O) groups is 1. The Bertz CT molecular complexity index is 1540. The molecule has 0 radical (unpaired) electrons. The van der Waals surface area contributed by atoms with E-state index in [1.54, 1.807) is 30.5 Å². The van der Waals surface area contributed by atoms with E-state index in [4.69, 9.17) is 9.84 Å². The quantitative estimate of drug-likeness (QED) is 0.217. The SMILES string of the molecule is O=C(O)Cn1ccc2ccc(OCc3c(C(F)(F)F)cc(-c4ccc(OC(F)(F)F)cc4)nc3CC3CC3)cc21. The molecule has 4 aromatic rings. The van der Waals surface area contributed by atoms with Gasteiger partial charge in [0.2, 0.25) is 0 Å². The smallest absolute Gasteiger partial charge is 0.489 e. The number of fused-ring (bicyclic) bond motifs is 1. The molecule has 0 atom stereocenters. The third-order valence-electron chi connectivity index (χ3n) is 6.51. The van der Waals surface area contributed by atoms with Crippen LogP contribution in [-0.4, -0.2) is 27.0 Å². The second kappa shape index (κ2) is 10.4. The fourth-order valence-electron chi connectivity index (χ4n) is 4.47. The highest BCUT2D eigenvalue weighted by atomic mass is 19.4. The minimum absolute atomic E-state index is 0.0294. The number of aliphatic carboxylic acids is 1. The summed E-state index contributed by atoms with van der Waals surface area (Å²) in [4.78, 5) is 15.6. The first-order valence-corrected chi connectivity index (χ1v) is 12.3. The lowest BCUT2D eigenvalue weighted by atomic mass is 9.99. The van der Waals surface area contributed by atoms with E-state index >= 15 is 0 Å². The van der Waals surface area contributed by atoms with Gasteiger partial charge in [0.15, 0.2) is 0 Å². The molecule has 0 unspecified atom stereocenters. The van der Waals surface area contributed by atoms with E-state index in [0.717, 1.165) is 36.4 Å². The van der Waals surface area contributed by atoms with Crippen LogP contribution in [0.5, 0.6) is 11.5 Å². The Morgan fingerprint density at radius 1 is 0.975 bits per heavy atom. The number of ether oxygens (including phenoxy) is 2. The first-order valence-electron chi connectivity index (χ1n) is 12.3. The zero-order valence-electron chi connectivity index (χ0n) is 20.7. The van der Waals surface area contributed by atoms with E-state index in [0.29, 0.717) is 11.9 Å².